The summed E-state index contributed by atoms with van der Waals surface area (Å²) in [5.41, 5.74) is 1.06. The lowest BCUT2D eigenvalue weighted by Gasteiger charge is -2.35. The van der Waals surface area contributed by atoms with Crippen molar-refractivity contribution in [2.45, 2.75) is 12.4 Å². The van der Waals surface area contributed by atoms with Crippen molar-refractivity contribution in [2.75, 3.05) is 26.2 Å². The van der Waals surface area contributed by atoms with Crippen LogP contribution in [-0.4, -0.2) is 37.4 Å². The Hall–Kier alpha value is -1.83. The van der Waals surface area contributed by atoms with E-state index >= 15 is 0 Å². The van der Waals surface area contributed by atoms with Crippen LogP contribution in [0.15, 0.2) is 42.5 Å². The first kappa shape index (κ1) is 18.9. The Kier molecular flexibility index (Phi) is 5.70. The lowest BCUT2D eigenvalue weighted by atomic mass is 9.96. The number of piperazine rings is 1. The van der Waals surface area contributed by atoms with Gasteiger partial charge >= 0.3 is 6.36 Å². The van der Waals surface area contributed by atoms with E-state index in [-0.39, 0.29) is 5.75 Å². The van der Waals surface area contributed by atoms with Crippen LogP contribution in [0.1, 0.15) is 17.2 Å². The maximum atomic E-state index is 14.5. The summed E-state index contributed by atoms with van der Waals surface area (Å²) in [6.45, 7) is 2.84. The summed E-state index contributed by atoms with van der Waals surface area (Å²) >= 11 is 6.04. The molecule has 8 heteroatoms. The zero-order valence-corrected chi connectivity index (χ0v) is 14.4. The van der Waals surface area contributed by atoms with Gasteiger partial charge in [0.05, 0.1) is 6.04 Å². The van der Waals surface area contributed by atoms with Crippen LogP contribution in [0.3, 0.4) is 0 Å². The van der Waals surface area contributed by atoms with Crippen molar-refractivity contribution < 1.29 is 22.3 Å². The molecule has 3 rings (SSSR count). The standard InChI is InChI=1S/C18H17ClF4N2O/c19-13-3-6-16(20)15(11-13)17(25-9-7-24-8-10-25)12-1-4-14(5-2-12)26-18(21,22)23/h1-6,11,17,24H,7-10H2/t17-/m1/s1. The van der Waals surface area contributed by atoms with Gasteiger partial charge in [0.15, 0.2) is 0 Å². The monoisotopic (exact) mass is 388 g/mol. The minimum absolute atomic E-state index is 0.313. The average Bonchev–Trinajstić information content (AvgIpc) is 2.59. The Balaban J connectivity index is 1.96. The van der Waals surface area contributed by atoms with E-state index in [1.165, 1.54) is 36.4 Å². The molecular formula is C18H17ClF4N2O. The third-order valence-electron chi connectivity index (χ3n) is 4.20. The molecule has 1 atom stereocenters. The van der Waals surface area contributed by atoms with Crippen molar-refractivity contribution in [3.8, 4) is 5.75 Å². The Morgan fingerprint density at radius 1 is 1.04 bits per heavy atom. The van der Waals surface area contributed by atoms with E-state index in [0.717, 1.165) is 13.1 Å². The normalized spacial score (nSPS) is 17.1. The highest BCUT2D eigenvalue weighted by Crippen LogP contribution is 2.34. The van der Waals surface area contributed by atoms with E-state index in [1.54, 1.807) is 6.07 Å². The molecule has 1 fully saturated rings. The Bertz CT molecular complexity index is 746. The van der Waals surface area contributed by atoms with Crippen LogP contribution in [-0.2, 0) is 0 Å². The smallest absolute Gasteiger partial charge is 0.406 e. The van der Waals surface area contributed by atoms with Crippen molar-refractivity contribution in [3.63, 3.8) is 0 Å². The maximum absolute atomic E-state index is 14.5. The predicted molar refractivity (Wildman–Crippen MR) is 90.8 cm³/mol. The molecule has 0 radical (unpaired) electrons. The zero-order chi connectivity index (χ0) is 18.7. The Labute approximate surface area is 153 Å². The summed E-state index contributed by atoms with van der Waals surface area (Å²) in [5, 5.41) is 3.63. The molecule has 0 saturated carbocycles. The second-order valence-electron chi connectivity index (χ2n) is 5.97. The number of hydrogen-bond acceptors (Lipinski definition) is 3. The molecule has 0 aliphatic carbocycles. The van der Waals surface area contributed by atoms with Crippen LogP contribution in [0.5, 0.6) is 5.75 Å². The van der Waals surface area contributed by atoms with Crippen molar-refractivity contribution in [1.82, 2.24) is 10.2 Å². The lowest BCUT2D eigenvalue weighted by Crippen LogP contribution is -2.45. The van der Waals surface area contributed by atoms with E-state index < -0.39 is 18.2 Å². The van der Waals surface area contributed by atoms with Gasteiger partial charge in [-0.25, -0.2) is 4.39 Å². The van der Waals surface area contributed by atoms with Gasteiger partial charge in [0, 0.05) is 36.8 Å². The number of nitrogens with zero attached hydrogens (tertiary/aromatic N) is 1. The van der Waals surface area contributed by atoms with E-state index in [4.69, 9.17) is 11.6 Å². The first-order valence-corrected chi connectivity index (χ1v) is 8.47. The van der Waals surface area contributed by atoms with Gasteiger partial charge in [0.1, 0.15) is 11.6 Å². The quantitative estimate of drug-likeness (QED) is 0.787. The molecule has 26 heavy (non-hydrogen) atoms. The van der Waals surface area contributed by atoms with Crippen molar-refractivity contribution in [1.29, 1.82) is 0 Å². The first-order chi connectivity index (χ1) is 12.3. The Morgan fingerprint density at radius 2 is 1.69 bits per heavy atom. The summed E-state index contributed by atoms with van der Waals surface area (Å²) in [7, 11) is 0. The molecule has 1 heterocycles. The molecule has 140 valence electrons. The molecular weight excluding hydrogens is 372 g/mol. The van der Waals surface area contributed by atoms with Crippen LogP contribution < -0.4 is 10.1 Å². The van der Waals surface area contributed by atoms with Crippen LogP contribution in [0.2, 0.25) is 5.02 Å². The van der Waals surface area contributed by atoms with Gasteiger partial charge in [-0.2, -0.15) is 0 Å². The molecule has 0 amide bonds. The topological polar surface area (TPSA) is 24.5 Å². The van der Waals surface area contributed by atoms with Gasteiger partial charge in [0.2, 0.25) is 0 Å². The van der Waals surface area contributed by atoms with E-state index in [2.05, 4.69) is 15.0 Å². The molecule has 2 aromatic carbocycles. The molecule has 1 N–H and O–H groups in total. The number of hydrogen-bond donors (Lipinski definition) is 1. The lowest BCUT2D eigenvalue weighted by molar-refractivity contribution is -0.274. The largest absolute Gasteiger partial charge is 0.573 e. The molecule has 1 aliphatic rings. The molecule has 3 nitrogen and oxygen atoms in total. The predicted octanol–water partition coefficient (Wildman–Crippen LogP) is 4.37. The summed E-state index contributed by atoms with van der Waals surface area (Å²) in [6.07, 6.45) is -4.75. The van der Waals surface area contributed by atoms with Gasteiger partial charge in [0.25, 0.3) is 0 Å². The molecule has 1 aliphatic heterocycles. The minimum Gasteiger partial charge on any atom is -0.406 e. The second kappa shape index (κ2) is 7.82. The number of alkyl halides is 3. The average molecular weight is 389 g/mol. The minimum atomic E-state index is -4.75. The van der Waals surface area contributed by atoms with Gasteiger partial charge in [-0.05, 0) is 35.9 Å². The van der Waals surface area contributed by atoms with Gasteiger partial charge < -0.3 is 10.1 Å². The van der Waals surface area contributed by atoms with Gasteiger partial charge in [-0.15, -0.1) is 13.2 Å². The van der Waals surface area contributed by atoms with Crippen LogP contribution in [0.4, 0.5) is 17.6 Å². The third-order valence-corrected chi connectivity index (χ3v) is 4.43. The first-order valence-electron chi connectivity index (χ1n) is 8.09. The van der Waals surface area contributed by atoms with Crippen molar-refractivity contribution in [2.24, 2.45) is 0 Å². The number of nitrogens with one attached hydrogen (secondary N) is 1. The van der Waals surface area contributed by atoms with Gasteiger partial charge in [-0.1, -0.05) is 23.7 Å². The summed E-state index contributed by atoms with van der Waals surface area (Å²) in [5.74, 6) is -0.722. The van der Waals surface area contributed by atoms with Gasteiger partial charge in [-0.3, -0.25) is 4.90 Å². The van der Waals surface area contributed by atoms with Crippen LogP contribution >= 0.6 is 11.6 Å². The molecule has 0 spiro atoms. The third kappa shape index (κ3) is 4.66. The number of benzene rings is 2. The summed E-state index contributed by atoms with van der Waals surface area (Å²) in [6, 6.07) is 9.40. The fraction of sp³-hybridized carbons (Fsp3) is 0.333. The zero-order valence-electron chi connectivity index (χ0n) is 13.7. The SMILES string of the molecule is Fc1ccc(Cl)cc1[C@@H](c1ccc(OC(F)(F)F)cc1)N1CCNCC1. The van der Waals surface area contributed by atoms with Crippen LogP contribution in [0, 0.1) is 5.82 Å². The number of halogens is 5. The van der Waals surface area contributed by atoms with E-state index in [0.29, 0.717) is 29.2 Å². The van der Waals surface area contributed by atoms with Crippen molar-refractivity contribution >= 4 is 11.6 Å². The highest BCUT2D eigenvalue weighted by atomic mass is 35.5. The van der Waals surface area contributed by atoms with Crippen LogP contribution in [0.25, 0.3) is 0 Å². The molecule has 1 saturated heterocycles. The fourth-order valence-electron chi connectivity index (χ4n) is 3.10. The summed E-state index contributed by atoms with van der Waals surface area (Å²) in [4.78, 5) is 2.07. The maximum Gasteiger partial charge on any atom is 0.573 e. The van der Waals surface area contributed by atoms with E-state index in [1.807, 2.05) is 0 Å². The number of ether oxygens (including phenoxy) is 1. The highest BCUT2D eigenvalue weighted by Gasteiger charge is 2.31. The van der Waals surface area contributed by atoms with Crippen molar-refractivity contribution in [3.05, 3.63) is 64.4 Å². The van der Waals surface area contributed by atoms with E-state index in [9.17, 15) is 17.6 Å². The second-order valence-corrected chi connectivity index (χ2v) is 6.41. The number of rotatable bonds is 4. The Morgan fingerprint density at radius 3 is 2.31 bits per heavy atom. The summed E-state index contributed by atoms with van der Waals surface area (Å²) < 4.78 is 55.5. The highest BCUT2D eigenvalue weighted by molar-refractivity contribution is 6.30. The molecule has 0 bridgehead atoms. The fourth-order valence-corrected chi connectivity index (χ4v) is 3.28. The molecule has 2 aromatic rings. The molecule has 0 unspecified atom stereocenters. The molecule has 0 aromatic heterocycles.